The Hall–Kier alpha value is -2.47. The number of rotatable bonds is 11. The molecule has 0 spiro atoms. The molecule has 0 fully saturated rings. The van der Waals surface area contributed by atoms with Gasteiger partial charge in [0.25, 0.3) is 5.56 Å². The number of nitrogens with zero attached hydrogens (tertiary/aromatic N) is 3. The van der Waals surface area contributed by atoms with Crippen LogP contribution in [-0.4, -0.2) is 46.8 Å². The van der Waals surface area contributed by atoms with Gasteiger partial charge in [0.05, 0.1) is 12.2 Å². The van der Waals surface area contributed by atoms with E-state index < -0.39 is 0 Å². The van der Waals surface area contributed by atoms with Gasteiger partial charge in [-0.1, -0.05) is 57.5 Å². The molecule has 30 heavy (non-hydrogen) atoms. The first kappa shape index (κ1) is 23.8. The average molecular weight is 413 g/mol. The van der Waals surface area contributed by atoms with Gasteiger partial charge in [0, 0.05) is 44.2 Å². The van der Waals surface area contributed by atoms with Crippen LogP contribution in [0.3, 0.4) is 0 Å². The molecule has 0 aliphatic heterocycles. The van der Waals surface area contributed by atoms with Gasteiger partial charge >= 0.3 is 0 Å². The highest BCUT2D eigenvalue weighted by atomic mass is 16.2. The second-order valence-electron chi connectivity index (χ2n) is 8.79. The van der Waals surface area contributed by atoms with Crippen LogP contribution in [0.5, 0.6) is 0 Å². The van der Waals surface area contributed by atoms with Gasteiger partial charge in [-0.15, -0.1) is 0 Å². The van der Waals surface area contributed by atoms with Gasteiger partial charge in [-0.3, -0.25) is 9.59 Å². The van der Waals surface area contributed by atoms with Crippen LogP contribution in [0.25, 0.3) is 11.3 Å². The number of amides is 1. The number of hydrogen-bond acceptors (Lipinski definition) is 4. The van der Waals surface area contributed by atoms with Crippen LogP contribution in [0.1, 0.15) is 39.7 Å². The number of aryl methyl sites for hydroxylation is 2. The largest absolute Gasteiger partial charge is 0.355 e. The van der Waals surface area contributed by atoms with Crippen LogP contribution in [0, 0.1) is 18.8 Å². The lowest BCUT2D eigenvalue weighted by molar-refractivity contribution is -0.121. The number of aromatic nitrogens is 2. The van der Waals surface area contributed by atoms with E-state index in [1.54, 1.807) is 6.07 Å². The summed E-state index contributed by atoms with van der Waals surface area (Å²) in [5, 5.41) is 7.41. The molecule has 0 unspecified atom stereocenters. The minimum Gasteiger partial charge on any atom is -0.355 e. The Balaban J connectivity index is 1.87. The molecule has 164 valence electrons. The molecule has 1 aromatic carbocycles. The molecule has 2 aromatic rings. The molecule has 0 atom stereocenters. The Morgan fingerprint density at radius 3 is 2.27 bits per heavy atom. The van der Waals surface area contributed by atoms with E-state index in [0.717, 1.165) is 30.9 Å². The molecule has 0 radical (unpaired) electrons. The van der Waals surface area contributed by atoms with Crippen molar-refractivity contribution >= 4 is 5.91 Å². The predicted octanol–water partition coefficient (Wildman–Crippen LogP) is 3.34. The Kier molecular flexibility index (Phi) is 9.24. The number of hydrogen-bond donors (Lipinski definition) is 1. The topological polar surface area (TPSA) is 67.2 Å². The van der Waals surface area contributed by atoms with Gasteiger partial charge in [0.1, 0.15) is 0 Å². The highest BCUT2D eigenvalue weighted by Crippen LogP contribution is 2.15. The maximum Gasteiger partial charge on any atom is 0.266 e. The molecular weight excluding hydrogens is 376 g/mol. The molecule has 0 aliphatic rings. The van der Waals surface area contributed by atoms with Crippen molar-refractivity contribution in [2.75, 3.05) is 26.2 Å². The van der Waals surface area contributed by atoms with Gasteiger partial charge in [-0.25, -0.2) is 4.68 Å². The summed E-state index contributed by atoms with van der Waals surface area (Å²) < 4.78 is 1.37. The lowest BCUT2D eigenvalue weighted by Gasteiger charge is -2.26. The van der Waals surface area contributed by atoms with E-state index in [-0.39, 0.29) is 24.4 Å². The third kappa shape index (κ3) is 8.11. The van der Waals surface area contributed by atoms with E-state index in [1.165, 1.54) is 16.3 Å². The maximum absolute atomic E-state index is 12.3. The Morgan fingerprint density at radius 1 is 1.03 bits per heavy atom. The van der Waals surface area contributed by atoms with Gasteiger partial charge in [0.2, 0.25) is 5.91 Å². The third-order valence-electron chi connectivity index (χ3n) is 4.76. The number of benzene rings is 1. The summed E-state index contributed by atoms with van der Waals surface area (Å²) in [5.74, 6) is 1.13. The summed E-state index contributed by atoms with van der Waals surface area (Å²) in [6, 6.07) is 11.2. The van der Waals surface area contributed by atoms with Crippen LogP contribution < -0.4 is 10.9 Å². The first-order chi connectivity index (χ1) is 14.2. The number of carbonyl (C=O) groups is 1. The van der Waals surface area contributed by atoms with Crippen molar-refractivity contribution in [2.45, 2.75) is 47.6 Å². The molecule has 6 nitrogen and oxygen atoms in total. The SMILES string of the molecule is Cc1ccc(-c2ccc(=O)n(CCC(=O)NCCN(CC(C)C)CC(C)C)n2)cc1. The van der Waals surface area contributed by atoms with Crippen molar-refractivity contribution in [3.8, 4) is 11.3 Å². The molecule has 6 heteroatoms. The molecule has 1 amide bonds. The lowest BCUT2D eigenvalue weighted by Crippen LogP contribution is -2.39. The molecule has 0 aliphatic carbocycles. The van der Waals surface area contributed by atoms with E-state index in [4.69, 9.17) is 0 Å². The summed E-state index contributed by atoms with van der Waals surface area (Å²) in [6.07, 6.45) is 0.235. The summed E-state index contributed by atoms with van der Waals surface area (Å²) in [6.45, 7) is 14.6. The van der Waals surface area contributed by atoms with Gasteiger partial charge < -0.3 is 10.2 Å². The zero-order valence-corrected chi connectivity index (χ0v) is 19.0. The molecule has 2 rings (SSSR count). The third-order valence-corrected chi connectivity index (χ3v) is 4.76. The van der Waals surface area contributed by atoms with Crippen molar-refractivity contribution in [3.05, 3.63) is 52.3 Å². The van der Waals surface area contributed by atoms with Crippen LogP contribution in [0.15, 0.2) is 41.2 Å². The smallest absolute Gasteiger partial charge is 0.266 e. The molecule has 0 saturated heterocycles. The van der Waals surface area contributed by atoms with Gasteiger partial charge in [-0.2, -0.15) is 5.10 Å². The normalized spacial score (nSPS) is 11.5. The summed E-state index contributed by atoms with van der Waals surface area (Å²) in [5.41, 5.74) is 2.66. The van der Waals surface area contributed by atoms with E-state index in [2.05, 4.69) is 43.0 Å². The standard InChI is InChI=1S/C24H36N4O2/c1-18(2)16-27(17-19(3)4)15-13-25-23(29)12-14-28-24(30)11-10-22(26-28)21-8-6-20(5)7-9-21/h6-11,18-19H,12-17H2,1-5H3,(H,25,29). The Labute approximate surface area is 180 Å². The van der Waals surface area contributed by atoms with Gasteiger partial charge in [0.15, 0.2) is 0 Å². The summed E-state index contributed by atoms with van der Waals surface area (Å²) >= 11 is 0. The van der Waals surface area contributed by atoms with Crippen LogP contribution in [-0.2, 0) is 11.3 Å². The van der Waals surface area contributed by atoms with Crippen molar-refractivity contribution in [3.63, 3.8) is 0 Å². The van der Waals surface area contributed by atoms with E-state index in [1.807, 2.05) is 31.2 Å². The molecular formula is C24H36N4O2. The fourth-order valence-electron chi connectivity index (χ4n) is 3.43. The first-order valence-electron chi connectivity index (χ1n) is 10.9. The van der Waals surface area contributed by atoms with Crippen LogP contribution in [0.4, 0.5) is 0 Å². The maximum atomic E-state index is 12.3. The second kappa shape index (κ2) is 11.6. The average Bonchev–Trinajstić information content (AvgIpc) is 2.67. The summed E-state index contributed by atoms with van der Waals surface area (Å²) in [7, 11) is 0. The van der Waals surface area contributed by atoms with Crippen molar-refractivity contribution in [1.82, 2.24) is 20.0 Å². The van der Waals surface area contributed by atoms with Gasteiger partial charge in [-0.05, 0) is 24.8 Å². The van der Waals surface area contributed by atoms with Crippen molar-refractivity contribution in [1.29, 1.82) is 0 Å². The predicted molar refractivity (Wildman–Crippen MR) is 122 cm³/mol. The second-order valence-corrected chi connectivity index (χ2v) is 8.79. The number of nitrogens with one attached hydrogen (secondary N) is 1. The highest BCUT2D eigenvalue weighted by Gasteiger charge is 2.11. The Morgan fingerprint density at radius 2 is 1.67 bits per heavy atom. The fourth-order valence-corrected chi connectivity index (χ4v) is 3.43. The van der Waals surface area contributed by atoms with E-state index in [9.17, 15) is 9.59 Å². The molecule has 0 bridgehead atoms. The first-order valence-corrected chi connectivity index (χ1v) is 10.9. The van der Waals surface area contributed by atoms with E-state index in [0.29, 0.717) is 18.4 Å². The fraction of sp³-hybridized carbons (Fsp3) is 0.542. The van der Waals surface area contributed by atoms with Crippen LogP contribution in [0.2, 0.25) is 0 Å². The minimum absolute atomic E-state index is 0.0570. The lowest BCUT2D eigenvalue weighted by atomic mass is 10.1. The number of carbonyl (C=O) groups excluding carboxylic acids is 1. The van der Waals surface area contributed by atoms with Crippen molar-refractivity contribution in [2.24, 2.45) is 11.8 Å². The zero-order chi connectivity index (χ0) is 22.1. The van der Waals surface area contributed by atoms with Crippen LogP contribution >= 0.6 is 0 Å². The molecule has 0 saturated carbocycles. The quantitative estimate of drug-likeness (QED) is 0.615. The Bertz CT molecular complexity index is 846. The van der Waals surface area contributed by atoms with E-state index >= 15 is 0 Å². The van der Waals surface area contributed by atoms with Crippen molar-refractivity contribution < 1.29 is 4.79 Å². The monoisotopic (exact) mass is 412 g/mol. The molecule has 1 N–H and O–H groups in total. The zero-order valence-electron chi connectivity index (χ0n) is 19.0. The minimum atomic E-state index is -0.196. The molecule has 1 aromatic heterocycles. The summed E-state index contributed by atoms with van der Waals surface area (Å²) in [4.78, 5) is 26.8. The highest BCUT2D eigenvalue weighted by molar-refractivity contribution is 5.75. The molecule has 1 heterocycles.